The zero-order chi connectivity index (χ0) is 22.3. The van der Waals surface area contributed by atoms with Crippen LogP contribution in [-0.2, 0) is 12.8 Å². The Bertz CT molecular complexity index is 965. The van der Waals surface area contributed by atoms with Crippen molar-refractivity contribution in [3.63, 3.8) is 0 Å². The van der Waals surface area contributed by atoms with Crippen molar-refractivity contribution in [2.75, 3.05) is 13.2 Å². The van der Waals surface area contributed by atoms with E-state index in [1.807, 2.05) is 26.0 Å². The largest absolute Gasteiger partial charge is 0.396 e. The zero-order valence-corrected chi connectivity index (χ0v) is 18.4. The van der Waals surface area contributed by atoms with Crippen LogP contribution in [0.3, 0.4) is 0 Å². The van der Waals surface area contributed by atoms with Gasteiger partial charge in [0.25, 0.3) is 0 Å². The van der Waals surface area contributed by atoms with Gasteiger partial charge in [-0.05, 0) is 72.2 Å². The highest BCUT2D eigenvalue weighted by molar-refractivity contribution is 5.92. The number of hydrogen-bond acceptors (Lipinski definition) is 2. The molecule has 1 aromatic heterocycles. The Morgan fingerprint density at radius 1 is 0.933 bits per heavy atom. The van der Waals surface area contributed by atoms with Gasteiger partial charge in [0.05, 0.1) is 0 Å². The van der Waals surface area contributed by atoms with E-state index in [4.69, 9.17) is 0 Å². The third kappa shape index (κ3) is 4.90. The number of aliphatic hydroxyl groups is 2. The fourth-order valence-corrected chi connectivity index (χ4v) is 4.00. The van der Waals surface area contributed by atoms with Gasteiger partial charge in [0, 0.05) is 35.7 Å². The molecule has 164 valence electrons. The van der Waals surface area contributed by atoms with E-state index in [1.165, 1.54) is 6.07 Å². The predicted octanol–water partition coefficient (Wildman–Crippen LogP) is 6.11. The number of H-pyrrole nitrogens is 1. The minimum absolute atomic E-state index is 0.0202. The summed E-state index contributed by atoms with van der Waals surface area (Å²) < 4.78 is 27.1. The second kappa shape index (κ2) is 11.2. The van der Waals surface area contributed by atoms with Gasteiger partial charge >= 0.3 is 0 Å². The van der Waals surface area contributed by atoms with Crippen molar-refractivity contribution < 1.29 is 19.0 Å². The van der Waals surface area contributed by atoms with Crippen LogP contribution in [0.2, 0.25) is 0 Å². The van der Waals surface area contributed by atoms with Crippen LogP contribution in [0.1, 0.15) is 63.3 Å². The maximum absolute atomic E-state index is 13.8. The third-order valence-corrected chi connectivity index (χ3v) is 5.50. The first-order chi connectivity index (χ1) is 14.5. The maximum atomic E-state index is 13.8. The Labute approximate surface area is 177 Å². The number of aryl methyl sites for hydroxylation is 1. The lowest BCUT2D eigenvalue weighted by atomic mass is 9.92. The quantitative estimate of drug-likeness (QED) is 0.414. The van der Waals surface area contributed by atoms with Crippen LogP contribution in [0.25, 0.3) is 22.0 Å². The van der Waals surface area contributed by atoms with Crippen LogP contribution in [0.4, 0.5) is 8.78 Å². The summed E-state index contributed by atoms with van der Waals surface area (Å²) in [5.74, 6) is -1.55. The molecule has 1 unspecified atom stereocenters. The highest BCUT2D eigenvalue weighted by Gasteiger charge is 2.20. The van der Waals surface area contributed by atoms with Crippen molar-refractivity contribution in [2.24, 2.45) is 0 Å². The predicted molar refractivity (Wildman–Crippen MR) is 120 cm³/mol. The summed E-state index contributed by atoms with van der Waals surface area (Å²) in [6.45, 7) is 8.27. The fourth-order valence-electron chi connectivity index (χ4n) is 4.00. The molecule has 3 rings (SSSR count). The summed E-state index contributed by atoms with van der Waals surface area (Å²) in [5.41, 5.74) is 5.64. The van der Waals surface area contributed by atoms with Gasteiger partial charge < -0.3 is 15.2 Å². The van der Waals surface area contributed by atoms with Crippen molar-refractivity contribution in [1.29, 1.82) is 0 Å². The second-order valence-corrected chi connectivity index (χ2v) is 7.15. The number of aromatic nitrogens is 1. The Morgan fingerprint density at radius 3 is 2.23 bits per heavy atom. The Balaban J connectivity index is 0.00000155. The molecule has 30 heavy (non-hydrogen) atoms. The fraction of sp³-hybridized carbons (Fsp3) is 0.440. The van der Waals surface area contributed by atoms with Crippen LogP contribution >= 0.6 is 0 Å². The molecule has 0 bridgehead atoms. The number of rotatable bonds is 8. The highest BCUT2D eigenvalue weighted by Crippen LogP contribution is 2.36. The molecular weight excluding hydrogens is 384 g/mol. The van der Waals surface area contributed by atoms with Crippen molar-refractivity contribution in [3.05, 3.63) is 58.8 Å². The summed E-state index contributed by atoms with van der Waals surface area (Å²) in [6.07, 6.45) is 2.81. The summed E-state index contributed by atoms with van der Waals surface area (Å²) in [5, 5.41) is 20.1. The lowest BCUT2D eigenvalue weighted by Crippen LogP contribution is -2.05. The molecule has 0 fully saturated rings. The highest BCUT2D eigenvalue weighted by atomic mass is 19.2. The minimum atomic E-state index is -0.866. The molecule has 1 heterocycles. The molecule has 3 N–H and O–H groups in total. The van der Waals surface area contributed by atoms with E-state index in [2.05, 4.69) is 18.8 Å². The molecule has 0 spiro atoms. The van der Waals surface area contributed by atoms with Gasteiger partial charge in [-0.3, -0.25) is 0 Å². The summed E-state index contributed by atoms with van der Waals surface area (Å²) in [7, 11) is 0. The number of hydrogen-bond donors (Lipinski definition) is 3. The SMILES string of the molecule is CC.CCc1cc(-c2ccc(F)c(F)c2)cc2c(CCO)c(C(CC)CCO)[nH]c12. The maximum Gasteiger partial charge on any atom is 0.159 e. The normalized spacial score (nSPS) is 12.0. The lowest BCUT2D eigenvalue weighted by molar-refractivity contribution is 0.272. The smallest absolute Gasteiger partial charge is 0.159 e. The van der Waals surface area contributed by atoms with Crippen LogP contribution in [0, 0.1) is 11.6 Å². The van der Waals surface area contributed by atoms with Crippen LogP contribution in [-0.4, -0.2) is 28.4 Å². The molecule has 0 aliphatic rings. The van der Waals surface area contributed by atoms with E-state index in [1.54, 1.807) is 6.07 Å². The topological polar surface area (TPSA) is 56.2 Å². The van der Waals surface area contributed by atoms with E-state index < -0.39 is 11.6 Å². The third-order valence-electron chi connectivity index (χ3n) is 5.50. The Morgan fingerprint density at radius 2 is 1.67 bits per heavy atom. The van der Waals surface area contributed by atoms with Crippen LogP contribution in [0.15, 0.2) is 30.3 Å². The van der Waals surface area contributed by atoms with Crippen molar-refractivity contribution in [3.8, 4) is 11.1 Å². The average molecular weight is 418 g/mol. The first-order valence-electron chi connectivity index (χ1n) is 10.9. The molecule has 5 heteroatoms. The summed E-state index contributed by atoms with van der Waals surface area (Å²) in [6, 6.07) is 7.93. The number of fused-ring (bicyclic) bond motifs is 1. The molecule has 2 aromatic carbocycles. The van der Waals surface area contributed by atoms with Crippen LogP contribution in [0.5, 0.6) is 0 Å². The van der Waals surface area contributed by atoms with Gasteiger partial charge in [-0.2, -0.15) is 0 Å². The molecule has 0 aliphatic carbocycles. The standard InChI is InChI=1S/C23H27F2NO2.C2H6/c1-3-14(7-9-27)22-18(8-10-28)19-12-17(11-15(4-2)23(19)26-22)16-5-6-20(24)21(25)13-16;1-2/h5-6,11-14,26-28H,3-4,7-10H2,1-2H3;1-2H3. The average Bonchev–Trinajstić information content (AvgIpc) is 3.13. The number of aliphatic hydroxyl groups excluding tert-OH is 2. The van der Waals surface area contributed by atoms with Gasteiger partial charge in [0.1, 0.15) is 0 Å². The molecule has 0 saturated heterocycles. The first kappa shape index (κ1) is 24.0. The van der Waals surface area contributed by atoms with Gasteiger partial charge in [0.15, 0.2) is 11.6 Å². The van der Waals surface area contributed by atoms with E-state index in [9.17, 15) is 19.0 Å². The first-order valence-corrected chi connectivity index (χ1v) is 10.9. The second-order valence-electron chi connectivity index (χ2n) is 7.15. The lowest BCUT2D eigenvalue weighted by Gasteiger charge is -2.14. The molecule has 0 amide bonds. The van der Waals surface area contributed by atoms with Gasteiger partial charge in [0.2, 0.25) is 0 Å². The number of nitrogens with one attached hydrogen (secondary N) is 1. The monoisotopic (exact) mass is 417 g/mol. The molecule has 3 nitrogen and oxygen atoms in total. The molecule has 1 atom stereocenters. The van der Waals surface area contributed by atoms with Gasteiger partial charge in [-0.1, -0.05) is 33.8 Å². The van der Waals surface area contributed by atoms with E-state index in [-0.39, 0.29) is 19.1 Å². The van der Waals surface area contributed by atoms with Crippen molar-refractivity contribution in [2.45, 2.75) is 59.3 Å². The Kier molecular flexibility index (Phi) is 9.00. The number of benzene rings is 2. The minimum Gasteiger partial charge on any atom is -0.396 e. The van der Waals surface area contributed by atoms with E-state index >= 15 is 0 Å². The van der Waals surface area contributed by atoms with E-state index in [0.717, 1.165) is 52.2 Å². The van der Waals surface area contributed by atoms with Crippen LogP contribution < -0.4 is 0 Å². The van der Waals surface area contributed by atoms with E-state index in [0.29, 0.717) is 18.4 Å². The zero-order valence-electron chi connectivity index (χ0n) is 18.4. The van der Waals surface area contributed by atoms with Gasteiger partial charge in [-0.25, -0.2) is 8.78 Å². The van der Waals surface area contributed by atoms with Crippen molar-refractivity contribution in [1.82, 2.24) is 4.98 Å². The Hall–Kier alpha value is -2.24. The summed E-state index contributed by atoms with van der Waals surface area (Å²) in [4.78, 5) is 3.55. The number of halogens is 2. The molecule has 3 aromatic rings. The van der Waals surface area contributed by atoms with Crippen molar-refractivity contribution >= 4 is 10.9 Å². The number of aromatic amines is 1. The summed E-state index contributed by atoms with van der Waals surface area (Å²) >= 11 is 0. The molecule has 0 aliphatic heterocycles. The molecule has 0 radical (unpaired) electrons. The molecule has 0 saturated carbocycles. The molecular formula is C25H33F2NO2. The van der Waals surface area contributed by atoms with Gasteiger partial charge in [-0.15, -0.1) is 0 Å².